The number of ketones is 1. The first-order valence-electron chi connectivity index (χ1n) is 20.1. The molecule has 1 heterocycles. The monoisotopic (exact) mass is 840 g/mol. The fourth-order valence-electron chi connectivity index (χ4n) is 7.37. The van der Waals surface area contributed by atoms with Gasteiger partial charge in [-0.2, -0.15) is 0 Å². The lowest BCUT2D eigenvalue weighted by Crippen LogP contribution is -2.56. The van der Waals surface area contributed by atoms with E-state index in [1.54, 1.807) is 30.9 Å². The van der Waals surface area contributed by atoms with Gasteiger partial charge in [0.1, 0.15) is 23.8 Å². The fraction of sp³-hybridized carbons (Fsp3) is 0.477. The Bertz CT molecular complexity index is 1970. The molecule has 60 heavy (non-hydrogen) atoms. The Balaban J connectivity index is 1.47. The van der Waals surface area contributed by atoms with Gasteiger partial charge in [-0.3, -0.25) is 14.4 Å². The number of hydrogen-bond acceptors (Lipinski definition) is 10. The van der Waals surface area contributed by atoms with Gasteiger partial charge in [-0.1, -0.05) is 13.8 Å². The van der Waals surface area contributed by atoms with Crippen LogP contribution in [0.15, 0.2) is 54.6 Å². The predicted octanol–water partition coefficient (Wildman–Crippen LogP) is 6.47. The first kappa shape index (κ1) is 47.2. The first-order valence-corrected chi connectivity index (χ1v) is 20.1. The number of aryl methyl sites for hydroxylation is 1. The number of nitrogens with two attached hydrogens (primary N) is 1. The summed E-state index contributed by atoms with van der Waals surface area (Å²) in [7, 11) is 1.29. The van der Waals surface area contributed by atoms with Crippen molar-refractivity contribution in [1.29, 1.82) is 0 Å². The molecule has 0 radical (unpaired) electrons. The van der Waals surface area contributed by atoms with Gasteiger partial charge in [0.15, 0.2) is 17.3 Å². The average molecular weight is 841 g/mol. The molecule has 326 valence electrons. The maximum absolute atomic E-state index is 14.1. The van der Waals surface area contributed by atoms with E-state index in [1.165, 1.54) is 30.2 Å². The highest BCUT2D eigenvalue weighted by Crippen LogP contribution is 2.25. The van der Waals surface area contributed by atoms with Gasteiger partial charge in [0.25, 0.3) is 5.91 Å². The minimum Gasteiger partial charge on any atom is -0.494 e. The van der Waals surface area contributed by atoms with Crippen LogP contribution in [0.4, 0.5) is 18.0 Å². The Morgan fingerprint density at radius 3 is 2.20 bits per heavy atom. The Kier molecular flexibility index (Phi) is 17.5. The van der Waals surface area contributed by atoms with Gasteiger partial charge in [0, 0.05) is 61.9 Å². The lowest BCUT2D eigenvalue weighted by atomic mass is 9.93. The Hall–Kier alpha value is -5.48. The van der Waals surface area contributed by atoms with Gasteiger partial charge in [0.2, 0.25) is 0 Å². The number of halogens is 3. The SMILES string of the molecule is CCCN(CCC)C(=O)c1cc(C)cc(C(=O)O[C@H](CNC2CCN(C(=O)O)C(C(C)OC(=O)CCC(=O)c3ccc(OC)c(F)c3)C2)[C@@H](N)Cc2cc(F)cc(F)c2)c1. The highest BCUT2D eigenvalue weighted by atomic mass is 19.1. The number of carboxylic acid groups (broad SMARTS) is 1. The fourth-order valence-corrected chi connectivity index (χ4v) is 7.37. The van der Waals surface area contributed by atoms with Crippen molar-refractivity contribution in [2.75, 3.05) is 33.3 Å². The van der Waals surface area contributed by atoms with Crippen molar-refractivity contribution in [3.8, 4) is 5.75 Å². The third-order valence-corrected chi connectivity index (χ3v) is 10.4. The summed E-state index contributed by atoms with van der Waals surface area (Å²) in [6.45, 7) is 8.36. The summed E-state index contributed by atoms with van der Waals surface area (Å²) in [5.74, 6) is -4.59. The van der Waals surface area contributed by atoms with Gasteiger partial charge >= 0.3 is 18.0 Å². The zero-order valence-corrected chi connectivity index (χ0v) is 34.7. The molecule has 3 aromatic carbocycles. The average Bonchev–Trinajstić information content (AvgIpc) is 3.20. The number of methoxy groups -OCH3 is 1. The van der Waals surface area contributed by atoms with E-state index in [4.69, 9.17) is 19.9 Å². The van der Waals surface area contributed by atoms with Crippen molar-refractivity contribution in [2.45, 2.75) is 103 Å². The molecule has 3 unspecified atom stereocenters. The summed E-state index contributed by atoms with van der Waals surface area (Å²) in [5.41, 5.74) is 7.97. The topological polar surface area (TPSA) is 178 Å². The number of rotatable bonds is 20. The Morgan fingerprint density at radius 2 is 1.58 bits per heavy atom. The van der Waals surface area contributed by atoms with Crippen LogP contribution in [-0.4, -0.2) is 108 Å². The summed E-state index contributed by atoms with van der Waals surface area (Å²) < 4.78 is 58.8. The number of amides is 2. The molecule has 13 nitrogen and oxygen atoms in total. The summed E-state index contributed by atoms with van der Waals surface area (Å²) >= 11 is 0. The number of esters is 2. The number of carbonyl (C=O) groups is 5. The molecule has 4 N–H and O–H groups in total. The third kappa shape index (κ3) is 13.3. The molecule has 1 aliphatic rings. The molecule has 0 spiro atoms. The van der Waals surface area contributed by atoms with E-state index in [2.05, 4.69) is 5.32 Å². The molecular weight excluding hydrogens is 785 g/mol. The summed E-state index contributed by atoms with van der Waals surface area (Å²) in [5, 5.41) is 13.3. The van der Waals surface area contributed by atoms with Crippen LogP contribution in [0.25, 0.3) is 0 Å². The van der Waals surface area contributed by atoms with Crippen LogP contribution in [0, 0.1) is 24.4 Å². The van der Waals surface area contributed by atoms with Crippen LogP contribution in [0.1, 0.15) is 101 Å². The maximum atomic E-state index is 14.1. The number of nitrogens with one attached hydrogen (secondary N) is 1. The largest absolute Gasteiger partial charge is 0.494 e. The van der Waals surface area contributed by atoms with Crippen LogP contribution in [0.3, 0.4) is 0 Å². The smallest absolute Gasteiger partial charge is 0.407 e. The molecule has 4 rings (SSSR count). The number of likely N-dealkylation sites (tertiary alicyclic amines) is 1. The number of nitrogens with zero attached hydrogens (tertiary/aromatic N) is 2. The molecule has 2 amide bonds. The number of piperidine rings is 1. The molecule has 0 aliphatic carbocycles. The summed E-state index contributed by atoms with van der Waals surface area (Å²) in [6.07, 6.45) is -1.88. The predicted molar refractivity (Wildman–Crippen MR) is 217 cm³/mol. The first-order chi connectivity index (χ1) is 28.5. The van der Waals surface area contributed by atoms with Crippen LogP contribution >= 0.6 is 0 Å². The number of Topliss-reactive ketones (excluding diaryl/α,β-unsaturated/α-hetero) is 1. The molecule has 1 saturated heterocycles. The third-order valence-electron chi connectivity index (χ3n) is 10.4. The molecule has 3 aromatic rings. The van der Waals surface area contributed by atoms with Crippen molar-refractivity contribution in [1.82, 2.24) is 15.1 Å². The highest BCUT2D eigenvalue weighted by Gasteiger charge is 2.37. The van der Waals surface area contributed by atoms with Gasteiger partial charge in [0.05, 0.1) is 25.1 Å². The van der Waals surface area contributed by atoms with Gasteiger partial charge in [-0.15, -0.1) is 0 Å². The summed E-state index contributed by atoms with van der Waals surface area (Å²) in [6, 6.07) is 9.31. The van der Waals surface area contributed by atoms with Crippen molar-refractivity contribution in [2.24, 2.45) is 5.73 Å². The zero-order chi connectivity index (χ0) is 44.1. The second-order valence-electron chi connectivity index (χ2n) is 15.1. The minimum atomic E-state index is -1.22. The van der Waals surface area contributed by atoms with E-state index in [0.717, 1.165) is 37.1 Å². The highest BCUT2D eigenvalue weighted by molar-refractivity contribution is 5.99. The van der Waals surface area contributed by atoms with Crippen LogP contribution in [-0.2, 0) is 20.7 Å². The number of ether oxygens (including phenoxy) is 3. The van der Waals surface area contributed by atoms with E-state index < -0.39 is 65.6 Å². The normalized spacial score (nSPS) is 16.6. The van der Waals surface area contributed by atoms with Crippen LogP contribution < -0.4 is 15.8 Å². The molecule has 0 bridgehead atoms. The number of benzene rings is 3. The van der Waals surface area contributed by atoms with E-state index >= 15 is 0 Å². The van der Waals surface area contributed by atoms with E-state index in [-0.39, 0.29) is 73.2 Å². The van der Waals surface area contributed by atoms with Crippen molar-refractivity contribution in [3.05, 3.63) is 99.9 Å². The molecule has 16 heteroatoms. The van der Waals surface area contributed by atoms with Crippen molar-refractivity contribution >= 4 is 29.7 Å². The zero-order valence-electron chi connectivity index (χ0n) is 34.7. The second kappa shape index (κ2) is 22.2. The maximum Gasteiger partial charge on any atom is 0.407 e. The molecule has 5 atom stereocenters. The molecule has 1 fully saturated rings. The van der Waals surface area contributed by atoms with Gasteiger partial charge in [-0.25, -0.2) is 22.8 Å². The summed E-state index contributed by atoms with van der Waals surface area (Å²) in [4.78, 5) is 67.9. The van der Waals surface area contributed by atoms with E-state index in [1.807, 2.05) is 13.8 Å². The van der Waals surface area contributed by atoms with Crippen LogP contribution in [0.5, 0.6) is 5.75 Å². The van der Waals surface area contributed by atoms with Gasteiger partial charge in [-0.05, 0) is 106 Å². The van der Waals surface area contributed by atoms with Gasteiger partial charge < -0.3 is 40.2 Å². The number of carbonyl (C=O) groups excluding carboxylic acids is 4. The minimum absolute atomic E-state index is 0.0328. The quantitative estimate of drug-likeness (QED) is 0.0839. The lowest BCUT2D eigenvalue weighted by Gasteiger charge is -2.41. The molecule has 0 aromatic heterocycles. The molecule has 0 saturated carbocycles. The van der Waals surface area contributed by atoms with E-state index in [9.17, 15) is 42.3 Å². The van der Waals surface area contributed by atoms with Crippen LogP contribution in [0.2, 0.25) is 0 Å². The standard InChI is InChI=1S/C44H55F3N4O9/c1-6-13-50(14-7-2)42(54)30-16-26(3)17-31(21-30)43(55)60-40(36(48)20-28-18-32(45)23-33(46)19-28)25-49-34-12-15-51(44(56)57)37(24-34)27(4)59-41(53)11-9-38(52)29-8-10-39(58-5)35(47)22-29/h8,10,16-19,21-23,27,34,36-37,40,49H,6-7,9,11-15,20,24-25,48H2,1-5H3,(H,56,57)/t27?,34?,36-,37?,40+/m0/s1. The van der Waals surface area contributed by atoms with Crippen molar-refractivity contribution < 1.29 is 56.5 Å². The lowest BCUT2D eigenvalue weighted by molar-refractivity contribution is -0.152. The Morgan fingerprint density at radius 1 is 0.917 bits per heavy atom. The molecule has 1 aliphatic heterocycles. The second-order valence-corrected chi connectivity index (χ2v) is 15.1. The van der Waals surface area contributed by atoms with E-state index in [0.29, 0.717) is 30.6 Å². The Labute approximate surface area is 348 Å². The van der Waals surface area contributed by atoms with Crippen molar-refractivity contribution in [3.63, 3.8) is 0 Å². The molecular formula is C44H55F3N4O9. The number of hydrogen-bond donors (Lipinski definition) is 3.